The van der Waals surface area contributed by atoms with Gasteiger partial charge in [-0.15, -0.1) is 0 Å². The van der Waals surface area contributed by atoms with Gasteiger partial charge in [0.25, 0.3) is 0 Å². The summed E-state index contributed by atoms with van der Waals surface area (Å²) in [5.74, 6) is 0. The van der Waals surface area contributed by atoms with Gasteiger partial charge in [-0.25, -0.2) is 13.1 Å². The molecular weight excluding hydrogens is 531 g/mol. The van der Waals surface area contributed by atoms with E-state index in [1.807, 2.05) is 32.9 Å². The van der Waals surface area contributed by atoms with Gasteiger partial charge in [0.2, 0.25) is 10.0 Å². The number of rotatable bonds is 9. The second kappa shape index (κ2) is 12.8. The van der Waals surface area contributed by atoms with Crippen molar-refractivity contribution in [2.45, 2.75) is 70.0 Å². The van der Waals surface area contributed by atoms with Gasteiger partial charge in [0.1, 0.15) is 0 Å². The van der Waals surface area contributed by atoms with E-state index in [0.29, 0.717) is 11.4 Å². The number of nitrogens with one attached hydrogen (secondary N) is 2. The Kier molecular flexibility index (Phi) is 9.17. The van der Waals surface area contributed by atoms with Gasteiger partial charge in [-0.05, 0) is 74.1 Å². The maximum atomic E-state index is 13.6. The molecule has 208 valence electrons. The molecule has 0 heterocycles. The fourth-order valence-corrected chi connectivity index (χ4v) is 10.3. The van der Waals surface area contributed by atoms with E-state index < -0.39 is 17.9 Å². The smallest absolute Gasteiger partial charge is 0.241 e. The summed E-state index contributed by atoms with van der Waals surface area (Å²) in [5, 5.41) is 7.76. The number of hydrogen-bond donors (Lipinski definition) is 2. The molecule has 1 aliphatic rings. The molecule has 1 aliphatic carbocycles. The third-order valence-corrected chi connectivity index (χ3v) is 12.1. The van der Waals surface area contributed by atoms with Crippen LogP contribution in [0, 0.1) is 20.8 Å². The molecule has 1 saturated carbocycles. The first-order valence-electron chi connectivity index (χ1n) is 14.2. The minimum Gasteiger partial charge on any atom is -0.308 e. The van der Waals surface area contributed by atoms with Crippen LogP contribution in [0.1, 0.15) is 47.9 Å². The molecule has 0 aromatic heterocycles. The average Bonchev–Trinajstić information content (AvgIpc) is 2.94. The Labute approximate surface area is 241 Å². The van der Waals surface area contributed by atoms with E-state index in [2.05, 4.69) is 95.0 Å². The number of sulfonamides is 1. The van der Waals surface area contributed by atoms with Gasteiger partial charge in [-0.2, -0.15) is 0 Å². The molecule has 1 fully saturated rings. The van der Waals surface area contributed by atoms with E-state index in [9.17, 15) is 8.42 Å². The normalized spacial score (nSPS) is 17.7. The molecule has 0 unspecified atom stereocenters. The zero-order chi connectivity index (χ0) is 28.1. The summed E-state index contributed by atoms with van der Waals surface area (Å²) < 4.78 is 30.3. The second-order valence-corrected chi connectivity index (χ2v) is 14.7. The summed E-state index contributed by atoms with van der Waals surface area (Å²) in [6.07, 6.45) is 3.92. The van der Waals surface area contributed by atoms with E-state index in [1.165, 1.54) is 21.5 Å². The van der Waals surface area contributed by atoms with E-state index in [1.54, 1.807) is 0 Å². The van der Waals surface area contributed by atoms with Crippen LogP contribution in [0.2, 0.25) is 0 Å². The zero-order valence-corrected chi connectivity index (χ0v) is 25.3. The molecule has 4 aromatic carbocycles. The topological polar surface area (TPSA) is 58.2 Å². The number of aryl methyl sites for hydroxylation is 3. The Morgan fingerprint density at radius 2 is 1.25 bits per heavy atom. The zero-order valence-electron chi connectivity index (χ0n) is 23.6. The molecule has 2 atom stereocenters. The standard InChI is InChI=1S/C34H39N2O2PS/c1-25-22-26(2)34(27(3)23-25)40(37,38)36-32-20-12-11-19-31(32)35-24-28-14-10-13-21-33(28)39(29-15-6-4-7-16-29)30-17-8-5-9-18-30/h4-10,13-18,21-23,31-32,35-36H,11-12,19-20,24H2,1-3H3/t31-,32-/m1/s1. The molecule has 0 amide bonds. The molecule has 40 heavy (non-hydrogen) atoms. The largest absolute Gasteiger partial charge is 0.308 e. The van der Waals surface area contributed by atoms with Crippen LogP contribution in [0.4, 0.5) is 0 Å². The van der Waals surface area contributed by atoms with E-state index in [4.69, 9.17) is 0 Å². The molecule has 0 bridgehead atoms. The summed E-state index contributed by atoms with van der Waals surface area (Å²) >= 11 is 0. The van der Waals surface area contributed by atoms with Gasteiger partial charge in [0, 0.05) is 18.6 Å². The second-order valence-electron chi connectivity index (χ2n) is 10.9. The van der Waals surface area contributed by atoms with Gasteiger partial charge in [-0.3, -0.25) is 0 Å². The third-order valence-electron chi connectivity index (χ3n) is 7.76. The summed E-state index contributed by atoms with van der Waals surface area (Å²) in [6.45, 7) is 6.48. The molecule has 5 rings (SSSR count). The molecule has 0 saturated heterocycles. The van der Waals surface area contributed by atoms with Crippen LogP contribution in [0.25, 0.3) is 0 Å². The van der Waals surface area contributed by atoms with Crippen molar-refractivity contribution in [3.05, 3.63) is 119 Å². The van der Waals surface area contributed by atoms with Crippen molar-refractivity contribution >= 4 is 33.9 Å². The monoisotopic (exact) mass is 570 g/mol. The highest BCUT2D eigenvalue weighted by atomic mass is 32.2. The van der Waals surface area contributed by atoms with Crippen LogP contribution in [-0.4, -0.2) is 20.5 Å². The first kappa shape index (κ1) is 28.7. The fourth-order valence-electron chi connectivity index (χ4n) is 6.07. The quantitative estimate of drug-likeness (QED) is 0.252. The van der Waals surface area contributed by atoms with Crippen molar-refractivity contribution in [1.82, 2.24) is 10.0 Å². The first-order valence-corrected chi connectivity index (χ1v) is 17.0. The Morgan fingerprint density at radius 3 is 1.85 bits per heavy atom. The summed E-state index contributed by atoms with van der Waals surface area (Å²) in [4.78, 5) is 0.420. The SMILES string of the molecule is Cc1cc(C)c(S(=O)(=O)N[C@@H]2CCCC[C@H]2NCc2ccccc2P(c2ccccc2)c2ccccc2)c(C)c1. The fraction of sp³-hybridized carbons (Fsp3) is 0.294. The number of benzene rings is 4. The van der Waals surface area contributed by atoms with E-state index in [0.717, 1.165) is 42.4 Å². The van der Waals surface area contributed by atoms with Crippen molar-refractivity contribution in [1.29, 1.82) is 0 Å². The third kappa shape index (κ3) is 6.56. The molecule has 4 aromatic rings. The molecule has 0 spiro atoms. The van der Waals surface area contributed by atoms with Crippen LogP contribution in [0.3, 0.4) is 0 Å². The minimum atomic E-state index is -3.63. The van der Waals surface area contributed by atoms with Crippen LogP contribution in [-0.2, 0) is 16.6 Å². The molecule has 6 heteroatoms. The van der Waals surface area contributed by atoms with Gasteiger partial charge >= 0.3 is 0 Å². The van der Waals surface area contributed by atoms with Crippen LogP contribution < -0.4 is 26.0 Å². The molecule has 4 nitrogen and oxygen atoms in total. The van der Waals surface area contributed by atoms with Crippen molar-refractivity contribution in [3.8, 4) is 0 Å². The lowest BCUT2D eigenvalue weighted by Gasteiger charge is -2.33. The molecule has 2 N–H and O–H groups in total. The van der Waals surface area contributed by atoms with Crippen LogP contribution in [0.5, 0.6) is 0 Å². The predicted molar refractivity (Wildman–Crippen MR) is 169 cm³/mol. The molecule has 0 aliphatic heterocycles. The summed E-state index contributed by atoms with van der Waals surface area (Å²) in [6, 6.07) is 34.0. The maximum Gasteiger partial charge on any atom is 0.241 e. The Balaban J connectivity index is 1.39. The van der Waals surface area contributed by atoms with Crippen LogP contribution >= 0.6 is 7.92 Å². The van der Waals surface area contributed by atoms with Gasteiger partial charge < -0.3 is 5.32 Å². The van der Waals surface area contributed by atoms with E-state index >= 15 is 0 Å². The Bertz CT molecular complexity index is 1480. The van der Waals surface area contributed by atoms with Crippen molar-refractivity contribution in [2.75, 3.05) is 0 Å². The highest BCUT2D eigenvalue weighted by Gasteiger charge is 2.31. The summed E-state index contributed by atoms with van der Waals surface area (Å²) in [7, 11) is -4.36. The maximum absolute atomic E-state index is 13.6. The minimum absolute atomic E-state index is 0.0716. The lowest BCUT2D eigenvalue weighted by molar-refractivity contribution is 0.309. The Hall–Kier alpha value is -2.82. The van der Waals surface area contributed by atoms with Crippen molar-refractivity contribution < 1.29 is 8.42 Å². The average molecular weight is 571 g/mol. The predicted octanol–water partition coefficient (Wildman–Crippen LogP) is 5.75. The van der Waals surface area contributed by atoms with Gasteiger partial charge in [0.05, 0.1) is 4.90 Å². The van der Waals surface area contributed by atoms with E-state index in [-0.39, 0.29) is 12.1 Å². The van der Waals surface area contributed by atoms with Crippen molar-refractivity contribution in [3.63, 3.8) is 0 Å². The summed E-state index contributed by atoms with van der Waals surface area (Å²) in [5.41, 5.74) is 3.94. The highest BCUT2D eigenvalue weighted by Crippen LogP contribution is 2.34. The highest BCUT2D eigenvalue weighted by molar-refractivity contribution is 7.89. The lowest BCUT2D eigenvalue weighted by Crippen LogP contribution is -2.51. The number of hydrogen-bond acceptors (Lipinski definition) is 3. The van der Waals surface area contributed by atoms with Gasteiger partial charge in [-0.1, -0.05) is 115 Å². The molecular formula is C34H39N2O2PS. The Morgan fingerprint density at radius 1 is 0.725 bits per heavy atom. The van der Waals surface area contributed by atoms with Gasteiger partial charge in [0.15, 0.2) is 0 Å². The van der Waals surface area contributed by atoms with Crippen molar-refractivity contribution in [2.24, 2.45) is 0 Å². The lowest BCUT2D eigenvalue weighted by atomic mass is 9.91. The first-order chi connectivity index (χ1) is 19.3. The van der Waals surface area contributed by atoms with Crippen LogP contribution in [0.15, 0.2) is 102 Å². The molecule has 0 radical (unpaired) electrons.